The number of rotatable bonds is 5. The molecule has 0 saturated carbocycles. The van der Waals surface area contributed by atoms with Gasteiger partial charge in [-0.1, -0.05) is 26.0 Å². The van der Waals surface area contributed by atoms with Crippen molar-refractivity contribution in [2.24, 2.45) is 0 Å². The first kappa shape index (κ1) is 17.9. The molecule has 3 aromatic rings. The molecule has 0 aliphatic carbocycles. The number of hydrogen-bond donors (Lipinski definition) is 3. The summed E-state index contributed by atoms with van der Waals surface area (Å²) in [5.41, 5.74) is 9.73. The average molecular weight is 377 g/mol. The van der Waals surface area contributed by atoms with Crippen LogP contribution in [0.15, 0.2) is 48.8 Å². The highest BCUT2D eigenvalue weighted by atomic mass is 16.6. The standard InChI is InChI=1S/C21H23N5O2/c1-13(2)14-3-5-15(6-4-14)25-20-19(22)21(24-12-23-20)26-16-7-8-17-18(11-16)28-10-9-27-17/h3-8,11-13H,9-10,22H2,1-2H3,(H2,23,24,25,26). The molecular weight excluding hydrogens is 354 g/mol. The maximum atomic E-state index is 6.29. The van der Waals surface area contributed by atoms with Crippen LogP contribution in [0, 0.1) is 0 Å². The Bertz CT molecular complexity index is 973. The molecule has 0 spiro atoms. The lowest BCUT2D eigenvalue weighted by Crippen LogP contribution is -2.15. The lowest BCUT2D eigenvalue weighted by Gasteiger charge is -2.19. The molecule has 1 aromatic heterocycles. The van der Waals surface area contributed by atoms with E-state index >= 15 is 0 Å². The number of nitrogens with one attached hydrogen (secondary N) is 2. The van der Waals surface area contributed by atoms with Gasteiger partial charge in [0.05, 0.1) is 0 Å². The second-order valence-corrected chi connectivity index (χ2v) is 6.87. The SMILES string of the molecule is CC(C)c1ccc(Nc2ncnc(Nc3ccc4c(c3)OCCO4)c2N)cc1. The summed E-state index contributed by atoms with van der Waals surface area (Å²) in [5, 5.41) is 6.47. The van der Waals surface area contributed by atoms with Crippen molar-refractivity contribution in [2.75, 3.05) is 29.6 Å². The molecule has 4 rings (SSSR count). The Morgan fingerprint density at radius 3 is 2.14 bits per heavy atom. The summed E-state index contributed by atoms with van der Waals surface area (Å²) < 4.78 is 11.2. The van der Waals surface area contributed by atoms with Gasteiger partial charge in [0.2, 0.25) is 0 Å². The summed E-state index contributed by atoms with van der Waals surface area (Å²) >= 11 is 0. The highest BCUT2D eigenvalue weighted by Gasteiger charge is 2.14. The van der Waals surface area contributed by atoms with Crippen molar-refractivity contribution in [3.8, 4) is 11.5 Å². The van der Waals surface area contributed by atoms with Gasteiger partial charge in [-0.25, -0.2) is 9.97 Å². The highest BCUT2D eigenvalue weighted by Crippen LogP contribution is 2.35. The number of nitrogen functional groups attached to an aromatic ring is 1. The molecule has 0 amide bonds. The van der Waals surface area contributed by atoms with Crippen molar-refractivity contribution < 1.29 is 9.47 Å². The van der Waals surface area contributed by atoms with Crippen LogP contribution in [0.1, 0.15) is 25.3 Å². The number of nitrogens with two attached hydrogens (primary N) is 1. The van der Waals surface area contributed by atoms with Crippen LogP contribution in [-0.4, -0.2) is 23.2 Å². The smallest absolute Gasteiger partial charge is 0.163 e. The summed E-state index contributed by atoms with van der Waals surface area (Å²) in [6, 6.07) is 13.9. The largest absolute Gasteiger partial charge is 0.486 e. The summed E-state index contributed by atoms with van der Waals surface area (Å²) in [7, 11) is 0. The van der Waals surface area contributed by atoms with Gasteiger partial charge in [0.1, 0.15) is 25.2 Å². The number of fused-ring (bicyclic) bond motifs is 1. The van der Waals surface area contributed by atoms with Crippen molar-refractivity contribution in [3.63, 3.8) is 0 Å². The van der Waals surface area contributed by atoms with Gasteiger partial charge in [-0.2, -0.15) is 0 Å². The number of benzene rings is 2. The van der Waals surface area contributed by atoms with Crippen LogP contribution in [-0.2, 0) is 0 Å². The van der Waals surface area contributed by atoms with E-state index in [0.29, 0.717) is 42.2 Å². The molecule has 4 N–H and O–H groups in total. The van der Waals surface area contributed by atoms with Crippen LogP contribution in [0.3, 0.4) is 0 Å². The third-order valence-corrected chi connectivity index (χ3v) is 4.53. The van der Waals surface area contributed by atoms with Crippen LogP contribution in [0.25, 0.3) is 0 Å². The number of hydrogen-bond acceptors (Lipinski definition) is 7. The zero-order valence-electron chi connectivity index (χ0n) is 15.9. The average Bonchev–Trinajstić information content (AvgIpc) is 2.71. The maximum absolute atomic E-state index is 6.29. The van der Waals surface area contributed by atoms with Gasteiger partial charge >= 0.3 is 0 Å². The van der Waals surface area contributed by atoms with Gasteiger partial charge < -0.3 is 25.8 Å². The van der Waals surface area contributed by atoms with Gasteiger partial charge in [0, 0.05) is 17.4 Å². The second-order valence-electron chi connectivity index (χ2n) is 6.87. The molecule has 0 unspecified atom stereocenters. The normalized spacial score (nSPS) is 12.7. The Balaban J connectivity index is 1.53. The Labute approximate surface area is 163 Å². The number of ether oxygens (including phenoxy) is 2. The molecule has 0 bridgehead atoms. The van der Waals surface area contributed by atoms with Crippen molar-refractivity contribution >= 4 is 28.7 Å². The number of anilines is 5. The van der Waals surface area contributed by atoms with E-state index in [2.05, 4.69) is 46.6 Å². The van der Waals surface area contributed by atoms with Crippen LogP contribution in [0.2, 0.25) is 0 Å². The van der Waals surface area contributed by atoms with Crippen LogP contribution in [0.5, 0.6) is 11.5 Å². The first-order valence-electron chi connectivity index (χ1n) is 9.24. The lowest BCUT2D eigenvalue weighted by molar-refractivity contribution is 0.171. The van der Waals surface area contributed by atoms with Crippen molar-refractivity contribution in [1.82, 2.24) is 9.97 Å². The third kappa shape index (κ3) is 3.78. The van der Waals surface area contributed by atoms with E-state index in [1.165, 1.54) is 11.9 Å². The van der Waals surface area contributed by atoms with Gasteiger partial charge in [0.25, 0.3) is 0 Å². The minimum Gasteiger partial charge on any atom is -0.486 e. The molecule has 0 fully saturated rings. The van der Waals surface area contributed by atoms with Crippen molar-refractivity contribution in [1.29, 1.82) is 0 Å². The summed E-state index contributed by atoms with van der Waals surface area (Å²) in [6.45, 7) is 5.43. The molecule has 2 heterocycles. The van der Waals surface area contributed by atoms with E-state index in [9.17, 15) is 0 Å². The molecule has 0 saturated heterocycles. The molecule has 0 radical (unpaired) electrons. The minimum atomic E-state index is 0.435. The Hall–Kier alpha value is -3.48. The zero-order chi connectivity index (χ0) is 19.5. The van der Waals surface area contributed by atoms with Gasteiger partial charge in [0.15, 0.2) is 23.1 Å². The summed E-state index contributed by atoms with van der Waals surface area (Å²) in [6.07, 6.45) is 1.47. The van der Waals surface area contributed by atoms with Crippen LogP contribution < -0.4 is 25.8 Å². The quantitative estimate of drug-likeness (QED) is 0.605. The fourth-order valence-corrected chi connectivity index (χ4v) is 2.94. The molecule has 144 valence electrons. The number of aromatic nitrogens is 2. The molecule has 2 aromatic carbocycles. The fourth-order valence-electron chi connectivity index (χ4n) is 2.94. The van der Waals surface area contributed by atoms with Gasteiger partial charge in [-0.05, 0) is 35.7 Å². The number of nitrogens with zero attached hydrogens (tertiary/aromatic N) is 2. The monoisotopic (exact) mass is 377 g/mol. The highest BCUT2D eigenvalue weighted by molar-refractivity contribution is 5.80. The Kier molecular flexibility index (Phi) is 4.89. The molecule has 1 aliphatic heterocycles. The molecule has 7 heteroatoms. The molecule has 1 aliphatic rings. The zero-order valence-corrected chi connectivity index (χ0v) is 15.9. The second kappa shape index (κ2) is 7.64. The van der Waals surface area contributed by atoms with E-state index in [-0.39, 0.29) is 0 Å². The predicted octanol–water partition coefficient (Wildman–Crippen LogP) is 4.44. The molecule has 28 heavy (non-hydrogen) atoms. The fraction of sp³-hybridized carbons (Fsp3) is 0.238. The summed E-state index contributed by atoms with van der Waals surface area (Å²) in [5.74, 6) is 2.99. The Morgan fingerprint density at radius 2 is 1.46 bits per heavy atom. The molecular formula is C21H23N5O2. The third-order valence-electron chi connectivity index (χ3n) is 4.53. The minimum absolute atomic E-state index is 0.435. The van der Waals surface area contributed by atoms with Crippen LogP contribution in [0.4, 0.5) is 28.7 Å². The molecule has 7 nitrogen and oxygen atoms in total. The predicted molar refractivity (Wildman–Crippen MR) is 111 cm³/mol. The van der Waals surface area contributed by atoms with E-state index in [1.54, 1.807) is 0 Å². The van der Waals surface area contributed by atoms with Crippen LogP contribution >= 0.6 is 0 Å². The van der Waals surface area contributed by atoms with Gasteiger partial charge in [-0.15, -0.1) is 0 Å². The lowest BCUT2D eigenvalue weighted by atomic mass is 10.0. The van der Waals surface area contributed by atoms with E-state index in [0.717, 1.165) is 17.1 Å². The van der Waals surface area contributed by atoms with Crippen molar-refractivity contribution in [2.45, 2.75) is 19.8 Å². The Morgan fingerprint density at radius 1 is 0.857 bits per heavy atom. The first-order valence-corrected chi connectivity index (χ1v) is 9.24. The van der Waals surface area contributed by atoms with Crippen molar-refractivity contribution in [3.05, 3.63) is 54.4 Å². The van der Waals surface area contributed by atoms with E-state index < -0.39 is 0 Å². The topological polar surface area (TPSA) is 94.3 Å². The summed E-state index contributed by atoms with van der Waals surface area (Å²) in [4.78, 5) is 8.54. The van der Waals surface area contributed by atoms with E-state index in [1.807, 2.05) is 30.3 Å². The first-order chi connectivity index (χ1) is 13.6. The van der Waals surface area contributed by atoms with E-state index in [4.69, 9.17) is 15.2 Å². The van der Waals surface area contributed by atoms with Gasteiger partial charge in [-0.3, -0.25) is 0 Å². The molecule has 0 atom stereocenters. The maximum Gasteiger partial charge on any atom is 0.163 e.